The van der Waals surface area contributed by atoms with E-state index in [1.165, 1.54) is 0 Å². The molecule has 0 aliphatic rings. The van der Waals surface area contributed by atoms with Crippen LogP contribution in [-0.4, -0.2) is 5.09 Å². The van der Waals surface area contributed by atoms with Gasteiger partial charge in [-0.2, -0.15) is 0 Å². The van der Waals surface area contributed by atoms with Gasteiger partial charge < -0.3 is 27.7 Å². The number of rotatable bonds is 0. The predicted molar refractivity (Wildman–Crippen MR) is 10.4 cm³/mol. The number of hydrogen-bond acceptors (Lipinski definition) is 3. The van der Waals surface area contributed by atoms with Crippen molar-refractivity contribution in [2.75, 3.05) is 0 Å². The van der Waals surface area contributed by atoms with Crippen molar-refractivity contribution in [2.24, 2.45) is 0 Å². The maximum Gasteiger partial charge on any atom is 2.00 e. The second-order valence-corrected chi connectivity index (χ2v) is 0.224. The summed E-state index contributed by atoms with van der Waals surface area (Å²) in [5, 5.41) is 14.8. The number of halogens is 1. The molecule has 6 heteroatoms. The summed E-state index contributed by atoms with van der Waals surface area (Å²) in [6.07, 6.45) is 0. The van der Waals surface area contributed by atoms with Gasteiger partial charge in [-0.1, -0.05) is 0 Å². The molecule has 0 atom stereocenters. The van der Waals surface area contributed by atoms with Crippen LogP contribution in [0.2, 0.25) is 0 Å². The van der Waals surface area contributed by atoms with Crippen molar-refractivity contribution in [3.8, 4) is 0 Å². The van der Waals surface area contributed by atoms with E-state index in [1.807, 2.05) is 0 Å². The van der Waals surface area contributed by atoms with E-state index < -0.39 is 5.09 Å². The molecule has 0 saturated carbocycles. The largest absolute Gasteiger partial charge is 2.00 e. The van der Waals surface area contributed by atoms with Crippen molar-refractivity contribution in [1.29, 1.82) is 0 Å². The molecule has 0 unspecified atom stereocenters. The summed E-state index contributed by atoms with van der Waals surface area (Å²) in [6, 6.07) is 0. The Morgan fingerprint density at radius 1 is 1.33 bits per heavy atom. The fraction of sp³-hybridized carbons (Fsp3) is 0. The van der Waals surface area contributed by atoms with Crippen LogP contribution in [0.3, 0.4) is 0 Å². The first-order chi connectivity index (χ1) is 1.73. The van der Waals surface area contributed by atoms with Crippen LogP contribution in [0.15, 0.2) is 0 Å². The average Bonchev–Trinajstić information content (AvgIpc) is 0.811. The quantitative estimate of drug-likeness (QED) is 0.269. The minimum absolute atomic E-state index is 0. The molecule has 0 aromatic heterocycles. The summed E-state index contributed by atoms with van der Waals surface area (Å²) in [7, 11) is 0. The second kappa shape index (κ2) is 8.90. The molecule has 0 spiro atoms. The summed E-state index contributed by atoms with van der Waals surface area (Å²) in [6.45, 7) is 0. The third-order valence-corrected chi connectivity index (χ3v) is 0. The molecule has 0 N–H and O–H groups in total. The van der Waals surface area contributed by atoms with E-state index in [0.29, 0.717) is 0 Å². The van der Waals surface area contributed by atoms with E-state index in [1.54, 1.807) is 0 Å². The van der Waals surface area contributed by atoms with Gasteiger partial charge in [0, 0.05) is 0 Å². The molecule has 0 fully saturated rings. The zero-order valence-corrected chi connectivity index (χ0v) is 4.49. The van der Waals surface area contributed by atoms with Gasteiger partial charge in [-0.05, 0) is 0 Å². The molecule has 0 rings (SSSR count). The van der Waals surface area contributed by atoms with E-state index in [4.69, 9.17) is 15.3 Å². The number of nitrogens with zero attached hydrogens (tertiary/aromatic N) is 1. The zero-order chi connectivity index (χ0) is 3.58. The Bertz CT molecular complexity index is 33.8. The maximum absolute atomic E-state index is 8.25. The SMILES string of the molecule is O=[N+]([O-])[O-].[Cl-].[Cr+2]. The van der Waals surface area contributed by atoms with Crippen molar-refractivity contribution in [2.45, 2.75) is 0 Å². The predicted octanol–water partition coefficient (Wildman–Crippen LogP) is -3.24. The smallest absolute Gasteiger partial charge is 1.00 e. The van der Waals surface area contributed by atoms with Crippen LogP contribution in [0.4, 0.5) is 0 Å². The summed E-state index contributed by atoms with van der Waals surface area (Å²) >= 11 is 0. The molecule has 0 bridgehead atoms. The molecule has 4 nitrogen and oxygen atoms in total. The Morgan fingerprint density at radius 2 is 1.33 bits per heavy atom. The molecule has 0 aromatic carbocycles. The fourth-order valence-electron chi connectivity index (χ4n) is 0. The van der Waals surface area contributed by atoms with Gasteiger partial charge in [-0.15, -0.1) is 0 Å². The summed E-state index contributed by atoms with van der Waals surface area (Å²) < 4.78 is 0. The number of hydrogen-bond donors (Lipinski definition) is 0. The van der Waals surface area contributed by atoms with E-state index in [0.717, 1.165) is 0 Å². The van der Waals surface area contributed by atoms with Crippen LogP contribution in [-0.2, 0) is 17.4 Å². The first-order valence-electron chi connectivity index (χ1n) is 0.548. The fourth-order valence-corrected chi connectivity index (χ4v) is 0. The maximum atomic E-state index is 8.25. The topological polar surface area (TPSA) is 66.2 Å². The molecule has 0 radical (unpaired) electrons. The van der Waals surface area contributed by atoms with Crippen molar-refractivity contribution >= 4 is 0 Å². The van der Waals surface area contributed by atoms with Gasteiger partial charge in [-0.25, -0.2) is 0 Å². The van der Waals surface area contributed by atoms with Crippen LogP contribution in [0.25, 0.3) is 0 Å². The monoisotopic (exact) mass is 149 g/mol. The molecule has 0 amide bonds. The third kappa shape index (κ3) is 72800. The molecule has 0 saturated heterocycles. The van der Waals surface area contributed by atoms with Crippen LogP contribution in [0, 0.1) is 15.3 Å². The van der Waals surface area contributed by atoms with E-state index in [-0.39, 0.29) is 29.8 Å². The van der Waals surface area contributed by atoms with Gasteiger partial charge in [0.2, 0.25) is 0 Å². The Morgan fingerprint density at radius 3 is 1.33 bits per heavy atom. The van der Waals surface area contributed by atoms with E-state index in [9.17, 15) is 0 Å². The van der Waals surface area contributed by atoms with Gasteiger partial charge in [0.1, 0.15) is 0 Å². The minimum Gasteiger partial charge on any atom is -1.00 e. The first-order valence-corrected chi connectivity index (χ1v) is 0.548. The second-order valence-electron chi connectivity index (χ2n) is 0.224. The van der Waals surface area contributed by atoms with Crippen molar-refractivity contribution in [1.82, 2.24) is 0 Å². The minimum atomic E-state index is -1.75. The molecular formula is ClCrNO3. The van der Waals surface area contributed by atoms with Gasteiger partial charge in [-0.3, -0.25) is 0 Å². The molecular weight excluding hydrogens is 149 g/mol. The molecule has 6 heavy (non-hydrogen) atoms. The van der Waals surface area contributed by atoms with Gasteiger partial charge >= 0.3 is 17.4 Å². The van der Waals surface area contributed by atoms with Crippen LogP contribution in [0.5, 0.6) is 0 Å². The van der Waals surface area contributed by atoms with Crippen molar-refractivity contribution < 1.29 is 34.9 Å². The first kappa shape index (κ1) is 16.6. The Hall–Kier alpha value is 0.0225. The molecule has 0 aliphatic carbocycles. The van der Waals surface area contributed by atoms with Gasteiger partial charge in [0.05, 0.1) is 5.09 Å². The van der Waals surface area contributed by atoms with Crippen LogP contribution in [0.1, 0.15) is 0 Å². The Labute approximate surface area is 50.8 Å². The molecule has 0 heterocycles. The Kier molecular flexibility index (Phi) is 24.7. The Balaban J connectivity index is -0.0000000450. The zero-order valence-electron chi connectivity index (χ0n) is 2.46. The average molecular weight is 149 g/mol. The molecule has 0 aromatic rings. The van der Waals surface area contributed by atoms with E-state index in [2.05, 4.69) is 0 Å². The van der Waals surface area contributed by atoms with E-state index >= 15 is 0 Å². The van der Waals surface area contributed by atoms with Gasteiger partial charge in [0.15, 0.2) is 0 Å². The third-order valence-electron chi connectivity index (χ3n) is 0. The van der Waals surface area contributed by atoms with Crippen molar-refractivity contribution in [3.63, 3.8) is 0 Å². The van der Waals surface area contributed by atoms with Gasteiger partial charge in [0.25, 0.3) is 0 Å². The summed E-state index contributed by atoms with van der Waals surface area (Å²) in [5.41, 5.74) is 0. The van der Waals surface area contributed by atoms with Crippen LogP contribution >= 0.6 is 0 Å². The summed E-state index contributed by atoms with van der Waals surface area (Å²) in [4.78, 5) is 8.25. The molecule has 0 aliphatic heterocycles. The normalized spacial score (nSPS) is 4.00. The molecule has 36 valence electrons. The van der Waals surface area contributed by atoms with Crippen LogP contribution < -0.4 is 12.4 Å². The summed E-state index contributed by atoms with van der Waals surface area (Å²) in [5.74, 6) is 0. The van der Waals surface area contributed by atoms with Crippen molar-refractivity contribution in [3.05, 3.63) is 15.3 Å². The standard InChI is InChI=1S/ClH.Cr.NO3/c;;2-1(3)4/h1H;;/q;+2;-1/p-1.